The standard InChI is InChI=1S/C13H27N/c1-4-7-12(11(5-2)6-3)10-14-13-8-9-13/h11-14H,4-10H2,1-3H3. The zero-order valence-corrected chi connectivity index (χ0v) is 10.2. The van der Waals surface area contributed by atoms with Crippen LogP contribution in [0.5, 0.6) is 0 Å². The van der Waals surface area contributed by atoms with Crippen LogP contribution in [0.2, 0.25) is 0 Å². The Kier molecular flexibility index (Phi) is 5.54. The lowest BCUT2D eigenvalue weighted by molar-refractivity contribution is 0.280. The summed E-state index contributed by atoms with van der Waals surface area (Å²) in [6, 6.07) is 0.878. The molecular weight excluding hydrogens is 170 g/mol. The molecule has 0 heterocycles. The van der Waals surface area contributed by atoms with E-state index in [1.165, 1.54) is 45.1 Å². The van der Waals surface area contributed by atoms with Crippen LogP contribution >= 0.6 is 0 Å². The summed E-state index contributed by atoms with van der Waals surface area (Å²) in [7, 11) is 0. The maximum atomic E-state index is 3.69. The van der Waals surface area contributed by atoms with E-state index in [-0.39, 0.29) is 0 Å². The zero-order chi connectivity index (χ0) is 10.4. The summed E-state index contributed by atoms with van der Waals surface area (Å²) in [5.74, 6) is 1.87. The van der Waals surface area contributed by atoms with E-state index in [0.717, 1.165) is 17.9 Å². The highest BCUT2D eigenvalue weighted by atomic mass is 14.9. The van der Waals surface area contributed by atoms with Gasteiger partial charge in [-0.3, -0.25) is 0 Å². The van der Waals surface area contributed by atoms with E-state index in [2.05, 4.69) is 26.1 Å². The number of rotatable bonds is 8. The first-order valence-electron chi connectivity index (χ1n) is 6.55. The molecule has 84 valence electrons. The second-order valence-corrected chi connectivity index (χ2v) is 4.81. The molecule has 1 unspecified atom stereocenters. The van der Waals surface area contributed by atoms with E-state index in [4.69, 9.17) is 0 Å². The second kappa shape index (κ2) is 6.44. The van der Waals surface area contributed by atoms with Gasteiger partial charge in [-0.15, -0.1) is 0 Å². The molecule has 1 nitrogen and oxygen atoms in total. The second-order valence-electron chi connectivity index (χ2n) is 4.81. The molecule has 0 aromatic carbocycles. The summed E-state index contributed by atoms with van der Waals surface area (Å²) in [6.45, 7) is 8.26. The molecule has 0 spiro atoms. The summed E-state index contributed by atoms with van der Waals surface area (Å²) in [6.07, 6.45) is 8.30. The van der Waals surface area contributed by atoms with Gasteiger partial charge in [0.25, 0.3) is 0 Å². The lowest BCUT2D eigenvalue weighted by Gasteiger charge is -2.25. The molecule has 1 N–H and O–H groups in total. The summed E-state index contributed by atoms with van der Waals surface area (Å²) >= 11 is 0. The Morgan fingerprint density at radius 3 is 2.14 bits per heavy atom. The average Bonchev–Trinajstić information content (AvgIpc) is 2.99. The Bertz CT molecular complexity index is 136. The molecule has 0 bridgehead atoms. The predicted molar refractivity (Wildman–Crippen MR) is 63.5 cm³/mol. The summed E-state index contributed by atoms with van der Waals surface area (Å²) in [5.41, 5.74) is 0. The lowest BCUT2D eigenvalue weighted by atomic mass is 9.84. The minimum atomic E-state index is 0.878. The molecule has 0 amide bonds. The van der Waals surface area contributed by atoms with Gasteiger partial charge < -0.3 is 5.32 Å². The molecule has 1 aliphatic rings. The van der Waals surface area contributed by atoms with E-state index < -0.39 is 0 Å². The Morgan fingerprint density at radius 2 is 1.71 bits per heavy atom. The van der Waals surface area contributed by atoms with Crippen LogP contribution in [0.4, 0.5) is 0 Å². The Balaban J connectivity index is 2.26. The van der Waals surface area contributed by atoms with Crippen molar-refractivity contribution in [2.75, 3.05) is 6.54 Å². The van der Waals surface area contributed by atoms with Crippen LogP contribution in [-0.4, -0.2) is 12.6 Å². The molecule has 1 rings (SSSR count). The van der Waals surface area contributed by atoms with E-state index in [0.29, 0.717) is 0 Å². The van der Waals surface area contributed by atoms with Gasteiger partial charge in [-0.05, 0) is 37.6 Å². The van der Waals surface area contributed by atoms with Gasteiger partial charge in [0.2, 0.25) is 0 Å². The van der Waals surface area contributed by atoms with Crippen LogP contribution in [0.1, 0.15) is 59.3 Å². The van der Waals surface area contributed by atoms with E-state index >= 15 is 0 Å². The first-order chi connectivity index (χ1) is 6.81. The molecule has 0 aliphatic heterocycles. The van der Waals surface area contributed by atoms with Crippen molar-refractivity contribution >= 4 is 0 Å². The normalized spacial score (nSPS) is 18.9. The Morgan fingerprint density at radius 1 is 1.07 bits per heavy atom. The molecule has 0 aromatic heterocycles. The van der Waals surface area contributed by atoms with E-state index in [1.807, 2.05) is 0 Å². The van der Waals surface area contributed by atoms with Crippen molar-refractivity contribution in [1.82, 2.24) is 5.32 Å². The molecule has 0 radical (unpaired) electrons. The van der Waals surface area contributed by atoms with Crippen LogP contribution < -0.4 is 5.32 Å². The summed E-state index contributed by atoms with van der Waals surface area (Å²) < 4.78 is 0. The largest absolute Gasteiger partial charge is 0.314 e. The van der Waals surface area contributed by atoms with Gasteiger partial charge in [-0.2, -0.15) is 0 Å². The van der Waals surface area contributed by atoms with Gasteiger partial charge in [0, 0.05) is 6.04 Å². The van der Waals surface area contributed by atoms with Crippen LogP contribution in [0, 0.1) is 11.8 Å². The minimum absolute atomic E-state index is 0.878. The monoisotopic (exact) mass is 197 g/mol. The van der Waals surface area contributed by atoms with Crippen LogP contribution in [-0.2, 0) is 0 Å². The summed E-state index contributed by atoms with van der Waals surface area (Å²) in [5, 5.41) is 3.69. The first kappa shape index (κ1) is 12.0. The topological polar surface area (TPSA) is 12.0 Å². The van der Waals surface area contributed by atoms with Gasteiger partial charge in [0.1, 0.15) is 0 Å². The molecule has 1 heteroatoms. The fourth-order valence-electron chi connectivity index (χ4n) is 2.44. The van der Waals surface area contributed by atoms with Gasteiger partial charge in [-0.25, -0.2) is 0 Å². The Hall–Kier alpha value is -0.0400. The molecule has 0 saturated heterocycles. The first-order valence-corrected chi connectivity index (χ1v) is 6.55. The van der Waals surface area contributed by atoms with Crippen molar-refractivity contribution in [3.8, 4) is 0 Å². The molecule has 1 aliphatic carbocycles. The van der Waals surface area contributed by atoms with Crippen molar-refractivity contribution in [2.24, 2.45) is 11.8 Å². The van der Waals surface area contributed by atoms with Crippen molar-refractivity contribution in [3.63, 3.8) is 0 Å². The van der Waals surface area contributed by atoms with Crippen molar-refractivity contribution in [2.45, 2.75) is 65.3 Å². The van der Waals surface area contributed by atoms with E-state index in [1.54, 1.807) is 0 Å². The number of hydrogen-bond donors (Lipinski definition) is 1. The number of nitrogens with one attached hydrogen (secondary N) is 1. The fraction of sp³-hybridized carbons (Fsp3) is 1.00. The smallest absolute Gasteiger partial charge is 0.00683 e. The third kappa shape index (κ3) is 4.00. The molecule has 1 atom stereocenters. The number of hydrogen-bond acceptors (Lipinski definition) is 1. The maximum absolute atomic E-state index is 3.69. The van der Waals surface area contributed by atoms with Gasteiger partial charge in [0.05, 0.1) is 0 Å². The van der Waals surface area contributed by atoms with Crippen LogP contribution in [0.3, 0.4) is 0 Å². The molecular formula is C13H27N. The maximum Gasteiger partial charge on any atom is 0.00683 e. The van der Waals surface area contributed by atoms with Gasteiger partial charge in [-0.1, -0.05) is 40.0 Å². The SMILES string of the molecule is CCCC(CNC1CC1)C(CC)CC. The van der Waals surface area contributed by atoms with Crippen LogP contribution in [0.25, 0.3) is 0 Å². The summed E-state index contributed by atoms with van der Waals surface area (Å²) in [4.78, 5) is 0. The van der Waals surface area contributed by atoms with Gasteiger partial charge in [0.15, 0.2) is 0 Å². The third-order valence-electron chi connectivity index (χ3n) is 3.62. The Labute approximate surface area is 89.7 Å². The highest BCUT2D eigenvalue weighted by molar-refractivity contribution is 4.82. The minimum Gasteiger partial charge on any atom is -0.314 e. The van der Waals surface area contributed by atoms with Gasteiger partial charge >= 0.3 is 0 Å². The van der Waals surface area contributed by atoms with E-state index in [9.17, 15) is 0 Å². The molecule has 0 aromatic rings. The fourth-order valence-corrected chi connectivity index (χ4v) is 2.44. The highest BCUT2D eigenvalue weighted by Gasteiger charge is 2.24. The molecule has 14 heavy (non-hydrogen) atoms. The molecule has 1 fully saturated rings. The third-order valence-corrected chi connectivity index (χ3v) is 3.62. The van der Waals surface area contributed by atoms with Crippen molar-refractivity contribution in [3.05, 3.63) is 0 Å². The molecule has 1 saturated carbocycles. The highest BCUT2D eigenvalue weighted by Crippen LogP contribution is 2.25. The van der Waals surface area contributed by atoms with Crippen LogP contribution in [0.15, 0.2) is 0 Å². The average molecular weight is 197 g/mol. The predicted octanol–water partition coefficient (Wildman–Crippen LogP) is 3.59. The quantitative estimate of drug-likeness (QED) is 0.627. The zero-order valence-electron chi connectivity index (χ0n) is 10.2. The van der Waals surface area contributed by atoms with Crippen molar-refractivity contribution in [1.29, 1.82) is 0 Å². The lowest BCUT2D eigenvalue weighted by Crippen LogP contribution is -2.29. The van der Waals surface area contributed by atoms with Crippen molar-refractivity contribution < 1.29 is 0 Å².